The second-order valence-corrected chi connectivity index (χ2v) is 8.23. The normalized spacial score (nSPS) is 12.8. The lowest BCUT2D eigenvalue weighted by Crippen LogP contribution is -2.15. The predicted molar refractivity (Wildman–Crippen MR) is 138 cm³/mol. The highest BCUT2D eigenvalue weighted by atomic mass is 14.1. The highest BCUT2D eigenvalue weighted by molar-refractivity contribution is 6.06. The first-order valence-corrected chi connectivity index (χ1v) is 11.0. The van der Waals surface area contributed by atoms with E-state index in [4.69, 9.17) is 0 Å². The van der Waals surface area contributed by atoms with Gasteiger partial charge in [-0.1, -0.05) is 109 Å². The van der Waals surface area contributed by atoms with Crippen LogP contribution in [0, 0.1) is 0 Å². The van der Waals surface area contributed by atoms with Gasteiger partial charge in [-0.05, 0) is 78.2 Å². The molecule has 0 heteroatoms. The van der Waals surface area contributed by atoms with Crippen molar-refractivity contribution in [3.8, 4) is 0 Å². The molecule has 0 aliphatic heterocycles. The third kappa shape index (κ3) is 3.27. The van der Waals surface area contributed by atoms with Crippen LogP contribution in [0.3, 0.4) is 0 Å². The molecule has 0 N–H and O–H groups in total. The fraction of sp³-hybridized carbons (Fsp3) is 0. The van der Waals surface area contributed by atoms with Gasteiger partial charge in [-0.2, -0.15) is 0 Å². The molecule has 0 radical (unpaired) electrons. The Morgan fingerprint density at radius 3 is 1.16 bits per heavy atom. The maximum absolute atomic E-state index is 2.36. The Hall–Kier alpha value is -4.16. The number of fused-ring (bicyclic) bond motifs is 3. The fourth-order valence-electron chi connectivity index (χ4n) is 4.67. The second kappa shape index (κ2) is 7.83. The van der Waals surface area contributed by atoms with E-state index >= 15 is 0 Å². The number of hydrogen-bond donors (Lipinski definition) is 0. The van der Waals surface area contributed by atoms with E-state index in [1.165, 1.54) is 53.9 Å². The van der Waals surface area contributed by atoms with Crippen LogP contribution in [0.25, 0.3) is 44.5 Å². The van der Waals surface area contributed by atoms with Gasteiger partial charge in [0.25, 0.3) is 0 Å². The standard InChI is InChI=1S/C32H22/c1-3-11-23(12-4-1)19-29-27-17-9-10-18-28(27)30(20-24-13-5-2-6-14-24)32-22-26-16-8-7-15-25(26)21-31(29)32/h1-22H. The summed E-state index contributed by atoms with van der Waals surface area (Å²) < 4.78 is 0. The summed E-state index contributed by atoms with van der Waals surface area (Å²) in [5, 5.41) is 10.2. The molecular weight excluding hydrogens is 384 g/mol. The maximum atomic E-state index is 2.36. The van der Waals surface area contributed by atoms with E-state index in [-0.39, 0.29) is 0 Å². The Morgan fingerprint density at radius 1 is 0.344 bits per heavy atom. The Bertz CT molecular complexity index is 1560. The number of rotatable bonds is 2. The lowest BCUT2D eigenvalue weighted by molar-refractivity contribution is 1.62. The molecule has 6 rings (SSSR count). The summed E-state index contributed by atoms with van der Waals surface area (Å²) >= 11 is 0. The first-order valence-electron chi connectivity index (χ1n) is 11.0. The van der Waals surface area contributed by atoms with Gasteiger partial charge in [-0.25, -0.2) is 0 Å². The van der Waals surface area contributed by atoms with E-state index in [0.29, 0.717) is 0 Å². The summed E-state index contributed by atoms with van der Waals surface area (Å²) in [7, 11) is 0. The fourth-order valence-corrected chi connectivity index (χ4v) is 4.67. The van der Waals surface area contributed by atoms with Gasteiger partial charge in [0, 0.05) is 0 Å². The third-order valence-electron chi connectivity index (χ3n) is 6.19. The zero-order valence-corrected chi connectivity index (χ0v) is 17.7. The van der Waals surface area contributed by atoms with Gasteiger partial charge in [-0.15, -0.1) is 0 Å². The average Bonchev–Trinajstić information content (AvgIpc) is 2.86. The minimum absolute atomic E-state index is 1.21. The molecule has 0 fully saturated rings. The van der Waals surface area contributed by atoms with Crippen LogP contribution in [0.5, 0.6) is 0 Å². The molecular formula is C32H22. The highest BCUT2D eigenvalue weighted by Crippen LogP contribution is 2.22. The molecule has 0 aliphatic carbocycles. The molecule has 0 heterocycles. The second-order valence-electron chi connectivity index (χ2n) is 8.23. The van der Waals surface area contributed by atoms with Crippen LogP contribution in [0.15, 0.2) is 121 Å². The molecule has 0 aromatic heterocycles. The molecule has 150 valence electrons. The lowest BCUT2D eigenvalue weighted by Gasteiger charge is -2.10. The van der Waals surface area contributed by atoms with Crippen molar-refractivity contribution in [1.82, 2.24) is 0 Å². The van der Waals surface area contributed by atoms with Crippen LogP contribution in [-0.2, 0) is 0 Å². The van der Waals surface area contributed by atoms with Crippen molar-refractivity contribution < 1.29 is 0 Å². The smallest absolute Gasteiger partial charge is 0.00923 e. The molecule has 6 aromatic carbocycles. The van der Waals surface area contributed by atoms with Gasteiger partial charge in [0.05, 0.1) is 0 Å². The van der Waals surface area contributed by atoms with Gasteiger partial charge in [0.15, 0.2) is 0 Å². The van der Waals surface area contributed by atoms with Crippen LogP contribution in [0.1, 0.15) is 11.1 Å². The topological polar surface area (TPSA) is 0 Å². The Kier molecular flexibility index (Phi) is 4.55. The van der Waals surface area contributed by atoms with Gasteiger partial charge >= 0.3 is 0 Å². The quantitative estimate of drug-likeness (QED) is 0.277. The van der Waals surface area contributed by atoms with Crippen molar-refractivity contribution in [2.24, 2.45) is 0 Å². The first kappa shape index (κ1) is 18.6. The van der Waals surface area contributed by atoms with Crippen LogP contribution in [0.2, 0.25) is 0 Å². The highest BCUT2D eigenvalue weighted by Gasteiger charge is 2.08. The molecule has 0 spiro atoms. The predicted octanol–water partition coefficient (Wildman–Crippen LogP) is 6.80. The minimum Gasteiger partial charge on any atom is -0.0622 e. The van der Waals surface area contributed by atoms with Crippen molar-refractivity contribution >= 4 is 44.5 Å². The summed E-state index contributed by atoms with van der Waals surface area (Å²) in [6.07, 6.45) is 4.65. The van der Waals surface area contributed by atoms with Gasteiger partial charge in [0.1, 0.15) is 0 Å². The summed E-state index contributed by atoms with van der Waals surface area (Å²) in [6.45, 7) is 0. The third-order valence-corrected chi connectivity index (χ3v) is 6.19. The van der Waals surface area contributed by atoms with Crippen LogP contribution in [0.4, 0.5) is 0 Å². The lowest BCUT2D eigenvalue weighted by atomic mass is 9.93. The summed E-state index contributed by atoms with van der Waals surface area (Å²) in [5.41, 5.74) is 2.43. The Morgan fingerprint density at radius 2 is 0.719 bits per heavy atom. The van der Waals surface area contributed by atoms with Gasteiger partial charge in [0.2, 0.25) is 0 Å². The molecule has 0 saturated heterocycles. The average molecular weight is 407 g/mol. The van der Waals surface area contributed by atoms with Crippen molar-refractivity contribution in [1.29, 1.82) is 0 Å². The van der Waals surface area contributed by atoms with E-state index in [1.807, 2.05) is 0 Å². The maximum Gasteiger partial charge on any atom is -0.00923 e. The Labute approximate surface area is 187 Å². The van der Waals surface area contributed by atoms with Crippen LogP contribution < -0.4 is 10.4 Å². The molecule has 0 nitrogen and oxygen atoms in total. The van der Waals surface area contributed by atoms with Crippen molar-refractivity contribution in [3.05, 3.63) is 143 Å². The van der Waals surface area contributed by atoms with E-state index < -0.39 is 0 Å². The molecule has 0 saturated carbocycles. The van der Waals surface area contributed by atoms with Gasteiger partial charge in [-0.3, -0.25) is 0 Å². The Balaban J connectivity index is 1.87. The largest absolute Gasteiger partial charge is 0.0622 e. The van der Waals surface area contributed by atoms with Crippen molar-refractivity contribution in [3.63, 3.8) is 0 Å². The molecule has 6 aromatic rings. The number of hydrogen-bond acceptors (Lipinski definition) is 0. The number of benzene rings is 6. The van der Waals surface area contributed by atoms with E-state index in [0.717, 1.165) is 0 Å². The first-order chi connectivity index (χ1) is 15.9. The summed E-state index contributed by atoms with van der Waals surface area (Å²) in [5.74, 6) is 0. The molecule has 0 amide bonds. The SMILES string of the molecule is C(c1ccccc1)=c1c2ccccc2c(=Cc2ccccc2)c2cc3ccccc3cc12. The zero-order chi connectivity index (χ0) is 21.3. The molecule has 0 atom stereocenters. The molecule has 0 aliphatic rings. The molecule has 0 bridgehead atoms. The van der Waals surface area contributed by atoms with E-state index in [2.05, 4.69) is 133 Å². The monoisotopic (exact) mass is 406 g/mol. The van der Waals surface area contributed by atoms with Crippen LogP contribution >= 0.6 is 0 Å². The zero-order valence-electron chi connectivity index (χ0n) is 17.7. The van der Waals surface area contributed by atoms with E-state index in [9.17, 15) is 0 Å². The van der Waals surface area contributed by atoms with Crippen LogP contribution in [-0.4, -0.2) is 0 Å². The summed E-state index contributed by atoms with van der Waals surface area (Å²) in [4.78, 5) is 0. The molecule has 0 unspecified atom stereocenters. The van der Waals surface area contributed by atoms with Crippen molar-refractivity contribution in [2.45, 2.75) is 0 Å². The summed E-state index contributed by atoms with van der Waals surface area (Å²) in [6, 6.07) is 43.4. The minimum atomic E-state index is 1.21. The van der Waals surface area contributed by atoms with Crippen molar-refractivity contribution in [2.75, 3.05) is 0 Å². The van der Waals surface area contributed by atoms with E-state index in [1.54, 1.807) is 0 Å². The van der Waals surface area contributed by atoms with Gasteiger partial charge < -0.3 is 0 Å². The molecule has 32 heavy (non-hydrogen) atoms.